The SMILES string of the molecule is CC(=O)N1CCC(Cc2ccc(C(=O)N3CCC(Cc4ccccc4)CC3)cc2)CC1. The summed E-state index contributed by atoms with van der Waals surface area (Å²) < 4.78 is 0. The second kappa shape index (κ2) is 10.1. The normalized spacial score (nSPS) is 18.2. The molecule has 0 aliphatic carbocycles. The fraction of sp³-hybridized carbons (Fsp3) is 0.481. The summed E-state index contributed by atoms with van der Waals surface area (Å²) in [7, 11) is 0. The van der Waals surface area contributed by atoms with Gasteiger partial charge in [-0.15, -0.1) is 0 Å². The van der Waals surface area contributed by atoms with Crippen molar-refractivity contribution in [2.75, 3.05) is 26.2 Å². The van der Waals surface area contributed by atoms with Crippen LogP contribution in [0.15, 0.2) is 54.6 Å². The Morgan fingerprint density at radius 2 is 1.19 bits per heavy atom. The van der Waals surface area contributed by atoms with E-state index in [2.05, 4.69) is 42.5 Å². The summed E-state index contributed by atoms with van der Waals surface area (Å²) in [4.78, 5) is 28.4. The highest BCUT2D eigenvalue weighted by molar-refractivity contribution is 5.94. The van der Waals surface area contributed by atoms with E-state index in [9.17, 15) is 9.59 Å². The fourth-order valence-corrected chi connectivity index (χ4v) is 5.04. The molecule has 0 bridgehead atoms. The third-order valence-electron chi connectivity index (χ3n) is 7.05. The van der Waals surface area contributed by atoms with Crippen molar-refractivity contribution < 1.29 is 9.59 Å². The number of hydrogen-bond donors (Lipinski definition) is 0. The number of nitrogens with zero attached hydrogens (tertiary/aromatic N) is 2. The van der Waals surface area contributed by atoms with Crippen molar-refractivity contribution in [2.24, 2.45) is 11.8 Å². The number of carbonyl (C=O) groups excluding carboxylic acids is 2. The van der Waals surface area contributed by atoms with E-state index >= 15 is 0 Å². The van der Waals surface area contributed by atoms with E-state index in [0.29, 0.717) is 11.8 Å². The van der Waals surface area contributed by atoms with Gasteiger partial charge in [0.25, 0.3) is 5.91 Å². The molecule has 4 nitrogen and oxygen atoms in total. The Kier molecular flexibility index (Phi) is 7.06. The van der Waals surface area contributed by atoms with Crippen LogP contribution in [0.3, 0.4) is 0 Å². The van der Waals surface area contributed by atoms with Gasteiger partial charge in [0.2, 0.25) is 5.91 Å². The summed E-state index contributed by atoms with van der Waals surface area (Å²) in [6.45, 7) is 5.11. The number of rotatable bonds is 5. The molecule has 2 amide bonds. The van der Waals surface area contributed by atoms with Gasteiger partial charge in [0.05, 0.1) is 0 Å². The Balaban J connectivity index is 1.25. The van der Waals surface area contributed by atoms with Crippen molar-refractivity contribution in [2.45, 2.75) is 45.4 Å². The van der Waals surface area contributed by atoms with Crippen LogP contribution in [-0.2, 0) is 17.6 Å². The number of amides is 2. The lowest BCUT2D eigenvalue weighted by molar-refractivity contribution is -0.130. The minimum absolute atomic E-state index is 0.166. The minimum atomic E-state index is 0.166. The van der Waals surface area contributed by atoms with Crippen molar-refractivity contribution in [1.82, 2.24) is 9.80 Å². The number of hydrogen-bond acceptors (Lipinski definition) is 2. The molecule has 2 heterocycles. The van der Waals surface area contributed by atoms with Gasteiger partial charge in [-0.2, -0.15) is 0 Å². The average molecular weight is 419 g/mol. The van der Waals surface area contributed by atoms with Gasteiger partial charge in [-0.05, 0) is 73.6 Å². The van der Waals surface area contributed by atoms with Crippen LogP contribution in [0.4, 0.5) is 0 Å². The van der Waals surface area contributed by atoms with Crippen molar-refractivity contribution in [3.8, 4) is 0 Å². The molecule has 2 fully saturated rings. The summed E-state index contributed by atoms with van der Waals surface area (Å²) in [5.41, 5.74) is 3.49. The lowest BCUT2D eigenvalue weighted by Gasteiger charge is -2.32. The predicted molar refractivity (Wildman–Crippen MR) is 124 cm³/mol. The first-order valence-corrected chi connectivity index (χ1v) is 11.8. The summed E-state index contributed by atoms with van der Waals surface area (Å²) in [5, 5.41) is 0. The van der Waals surface area contributed by atoms with Crippen molar-refractivity contribution >= 4 is 11.8 Å². The van der Waals surface area contributed by atoms with Crippen LogP contribution in [-0.4, -0.2) is 47.8 Å². The van der Waals surface area contributed by atoms with E-state index in [1.807, 2.05) is 21.9 Å². The third-order valence-corrected chi connectivity index (χ3v) is 7.05. The zero-order valence-corrected chi connectivity index (χ0v) is 18.6. The van der Waals surface area contributed by atoms with E-state index in [-0.39, 0.29) is 11.8 Å². The Hall–Kier alpha value is -2.62. The molecule has 4 rings (SSSR count). The number of likely N-dealkylation sites (tertiary alicyclic amines) is 2. The van der Waals surface area contributed by atoms with E-state index in [0.717, 1.165) is 70.3 Å². The van der Waals surface area contributed by atoms with Crippen LogP contribution in [0.25, 0.3) is 0 Å². The maximum atomic E-state index is 13.0. The monoisotopic (exact) mass is 418 g/mol. The van der Waals surface area contributed by atoms with E-state index < -0.39 is 0 Å². The molecule has 0 N–H and O–H groups in total. The van der Waals surface area contributed by atoms with Crippen molar-refractivity contribution in [3.63, 3.8) is 0 Å². The molecule has 0 saturated carbocycles. The maximum Gasteiger partial charge on any atom is 0.253 e. The highest BCUT2D eigenvalue weighted by Crippen LogP contribution is 2.24. The minimum Gasteiger partial charge on any atom is -0.343 e. The second-order valence-corrected chi connectivity index (χ2v) is 9.28. The summed E-state index contributed by atoms with van der Waals surface area (Å²) in [6, 6.07) is 18.9. The van der Waals surface area contributed by atoms with Crippen LogP contribution >= 0.6 is 0 Å². The smallest absolute Gasteiger partial charge is 0.253 e. The topological polar surface area (TPSA) is 40.6 Å². The van der Waals surface area contributed by atoms with Crippen LogP contribution in [0.1, 0.15) is 54.1 Å². The van der Waals surface area contributed by atoms with Crippen molar-refractivity contribution in [3.05, 3.63) is 71.3 Å². The van der Waals surface area contributed by atoms with E-state index in [1.165, 1.54) is 11.1 Å². The molecule has 0 atom stereocenters. The molecule has 164 valence electrons. The van der Waals surface area contributed by atoms with Gasteiger partial charge in [-0.3, -0.25) is 9.59 Å². The molecule has 4 heteroatoms. The highest BCUT2D eigenvalue weighted by Gasteiger charge is 2.24. The molecule has 2 aliphatic rings. The van der Waals surface area contributed by atoms with Gasteiger partial charge in [0, 0.05) is 38.7 Å². The Morgan fingerprint density at radius 3 is 1.71 bits per heavy atom. The first-order valence-electron chi connectivity index (χ1n) is 11.8. The van der Waals surface area contributed by atoms with Crippen LogP contribution in [0.5, 0.6) is 0 Å². The predicted octanol–water partition coefficient (Wildman–Crippen LogP) is 4.58. The van der Waals surface area contributed by atoms with Crippen LogP contribution < -0.4 is 0 Å². The molecular weight excluding hydrogens is 384 g/mol. The lowest BCUT2D eigenvalue weighted by Crippen LogP contribution is -2.39. The molecule has 0 unspecified atom stereocenters. The number of benzene rings is 2. The van der Waals surface area contributed by atoms with Gasteiger partial charge < -0.3 is 9.80 Å². The number of carbonyl (C=O) groups is 2. The summed E-state index contributed by atoms with van der Waals surface area (Å²) in [5.74, 6) is 1.65. The van der Waals surface area contributed by atoms with Gasteiger partial charge in [0.1, 0.15) is 0 Å². The molecular formula is C27H34N2O2. The molecule has 2 aliphatic heterocycles. The molecule has 0 aromatic heterocycles. The fourth-order valence-electron chi connectivity index (χ4n) is 5.04. The maximum absolute atomic E-state index is 13.0. The van der Waals surface area contributed by atoms with Gasteiger partial charge >= 0.3 is 0 Å². The third kappa shape index (κ3) is 5.75. The van der Waals surface area contributed by atoms with Crippen molar-refractivity contribution in [1.29, 1.82) is 0 Å². The largest absolute Gasteiger partial charge is 0.343 e. The standard InChI is InChI=1S/C27H34N2O2/c1-21(30)28-15-11-24(12-16-28)20-23-7-9-26(10-8-23)27(31)29-17-13-25(14-18-29)19-22-5-3-2-4-6-22/h2-10,24-25H,11-20H2,1H3. The average Bonchev–Trinajstić information content (AvgIpc) is 2.81. The van der Waals surface area contributed by atoms with E-state index in [1.54, 1.807) is 6.92 Å². The first-order chi connectivity index (χ1) is 15.1. The molecule has 0 radical (unpaired) electrons. The Bertz CT molecular complexity index is 862. The molecule has 2 aromatic carbocycles. The second-order valence-electron chi connectivity index (χ2n) is 9.28. The van der Waals surface area contributed by atoms with Gasteiger partial charge in [0.15, 0.2) is 0 Å². The van der Waals surface area contributed by atoms with E-state index in [4.69, 9.17) is 0 Å². The molecule has 2 aromatic rings. The zero-order chi connectivity index (χ0) is 21.6. The van der Waals surface area contributed by atoms with Crippen LogP contribution in [0, 0.1) is 11.8 Å². The molecule has 0 spiro atoms. The Labute approximate surface area is 186 Å². The highest BCUT2D eigenvalue weighted by atomic mass is 16.2. The molecule has 31 heavy (non-hydrogen) atoms. The molecule has 2 saturated heterocycles. The summed E-state index contributed by atoms with van der Waals surface area (Å²) >= 11 is 0. The summed E-state index contributed by atoms with van der Waals surface area (Å²) in [6.07, 6.45) is 6.44. The quantitative estimate of drug-likeness (QED) is 0.713. The first kappa shape index (κ1) is 21.6. The van der Waals surface area contributed by atoms with Gasteiger partial charge in [-0.25, -0.2) is 0 Å². The van der Waals surface area contributed by atoms with Gasteiger partial charge in [-0.1, -0.05) is 42.5 Å². The zero-order valence-electron chi connectivity index (χ0n) is 18.6. The number of piperidine rings is 2. The lowest BCUT2D eigenvalue weighted by atomic mass is 9.89. The van der Waals surface area contributed by atoms with Crippen LogP contribution in [0.2, 0.25) is 0 Å². The Morgan fingerprint density at radius 1 is 0.710 bits per heavy atom.